The van der Waals surface area contributed by atoms with Crippen LogP contribution in [0, 0.1) is 6.92 Å². The third-order valence-electron chi connectivity index (χ3n) is 5.49. The van der Waals surface area contributed by atoms with Crippen LogP contribution in [0.5, 0.6) is 0 Å². The van der Waals surface area contributed by atoms with Gasteiger partial charge in [-0.2, -0.15) is 0 Å². The molecule has 1 atom stereocenters. The van der Waals surface area contributed by atoms with E-state index in [1.807, 2.05) is 43.3 Å². The number of amides is 2. The zero-order chi connectivity index (χ0) is 22.2. The highest BCUT2D eigenvalue weighted by atomic mass is 16.4. The average Bonchev–Trinajstić information content (AvgIpc) is 3.34. The van der Waals surface area contributed by atoms with E-state index in [0.29, 0.717) is 18.0 Å². The van der Waals surface area contributed by atoms with E-state index in [1.165, 1.54) is 0 Å². The first-order valence-electron chi connectivity index (χ1n) is 10.3. The molecule has 1 unspecified atom stereocenters. The van der Waals surface area contributed by atoms with Crippen LogP contribution >= 0.6 is 0 Å². The van der Waals surface area contributed by atoms with Crippen LogP contribution in [0.3, 0.4) is 0 Å². The number of aromatic nitrogens is 2. The molecule has 160 valence electrons. The van der Waals surface area contributed by atoms with E-state index in [1.54, 1.807) is 17.0 Å². The molecule has 0 spiro atoms. The molecule has 1 fully saturated rings. The molecule has 4 rings (SSSR count). The number of nitrogens with zero attached hydrogens (tertiary/aromatic N) is 3. The second kappa shape index (κ2) is 7.98. The minimum absolute atomic E-state index is 0.0107. The molecule has 2 heterocycles. The standard InChI is InChI=1S/C24H26N4O3/c1-15-5-11-19(12-6-15)28-14-17(13-20(28)29)22-26-27-23(31-22)25-21(30)16-7-9-18(10-8-16)24(2,3)4/h5-12,17H,13-14H2,1-4H3,(H,25,27,30). The van der Waals surface area contributed by atoms with Crippen molar-refractivity contribution in [3.05, 3.63) is 71.1 Å². The number of aryl methyl sites for hydroxylation is 1. The van der Waals surface area contributed by atoms with Gasteiger partial charge in [0, 0.05) is 24.2 Å². The van der Waals surface area contributed by atoms with E-state index in [-0.39, 0.29) is 35.6 Å². The number of benzene rings is 2. The molecule has 2 amide bonds. The van der Waals surface area contributed by atoms with Crippen molar-refractivity contribution in [3.63, 3.8) is 0 Å². The van der Waals surface area contributed by atoms with E-state index >= 15 is 0 Å². The molecule has 0 saturated carbocycles. The number of nitrogens with one attached hydrogen (secondary N) is 1. The molecule has 7 heteroatoms. The summed E-state index contributed by atoms with van der Waals surface area (Å²) in [5, 5.41) is 10.6. The van der Waals surface area contributed by atoms with Gasteiger partial charge < -0.3 is 9.32 Å². The molecule has 1 aliphatic heterocycles. The average molecular weight is 418 g/mol. The van der Waals surface area contributed by atoms with Gasteiger partial charge in [-0.25, -0.2) is 0 Å². The Morgan fingerprint density at radius 1 is 1.06 bits per heavy atom. The highest BCUT2D eigenvalue weighted by Crippen LogP contribution is 2.32. The lowest BCUT2D eigenvalue weighted by atomic mass is 9.87. The lowest BCUT2D eigenvalue weighted by molar-refractivity contribution is -0.117. The van der Waals surface area contributed by atoms with Gasteiger partial charge in [-0.1, -0.05) is 55.7 Å². The molecule has 1 aliphatic rings. The van der Waals surface area contributed by atoms with Gasteiger partial charge in [0.2, 0.25) is 11.8 Å². The summed E-state index contributed by atoms with van der Waals surface area (Å²) in [6.07, 6.45) is 0.289. The van der Waals surface area contributed by atoms with Crippen molar-refractivity contribution >= 4 is 23.5 Å². The van der Waals surface area contributed by atoms with Crippen LogP contribution in [0.4, 0.5) is 11.7 Å². The Morgan fingerprint density at radius 3 is 2.39 bits per heavy atom. The molecule has 2 aromatic carbocycles. The molecule has 1 N–H and O–H groups in total. The molecular formula is C24H26N4O3. The van der Waals surface area contributed by atoms with Gasteiger partial charge in [0.15, 0.2) is 0 Å². The molecule has 0 radical (unpaired) electrons. The van der Waals surface area contributed by atoms with Gasteiger partial charge in [0.1, 0.15) is 0 Å². The second-order valence-corrected chi connectivity index (χ2v) is 8.97. The van der Waals surface area contributed by atoms with Crippen molar-refractivity contribution < 1.29 is 14.0 Å². The topological polar surface area (TPSA) is 88.3 Å². The van der Waals surface area contributed by atoms with E-state index in [9.17, 15) is 9.59 Å². The minimum Gasteiger partial charge on any atom is -0.407 e. The minimum atomic E-state index is -0.320. The number of anilines is 2. The zero-order valence-electron chi connectivity index (χ0n) is 18.2. The fraction of sp³-hybridized carbons (Fsp3) is 0.333. The van der Waals surface area contributed by atoms with Crippen LogP contribution in [-0.4, -0.2) is 28.6 Å². The molecule has 3 aromatic rings. The number of rotatable bonds is 4. The molecule has 1 aromatic heterocycles. The Bertz CT molecular complexity index is 1100. The van der Waals surface area contributed by atoms with Crippen LogP contribution in [0.25, 0.3) is 0 Å². The fourth-order valence-electron chi connectivity index (χ4n) is 3.59. The maximum Gasteiger partial charge on any atom is 0.322 e. The third-order valence-corrected chi connectivity index (χ3v) is 5.49. The summed E-state index contributed by atoms with van der Waals surface area (Å²) in [6, 6.07) is 15.3. The van der Waals surface area contributed by atoms with Crippen molar-refractivity contribution in [2.24, 2.45) is 0 Å². The largest absolute Gasteiger partial charge is 0.407 e. The Balaban J connectivity index is 1.42. The smallest absolute Gasteiger partial charge is 0.322 e. The Labute approximate surface area is 181 Å². The third kappa shape index (κ3) is 4.50. The monoisotopic (exact) mass is 418 g/mol. The Morgan fingerprint density at radius 2 is 1.74 bits per heavy atom. The first-order valence-corrected chi connectivity index (χ1v) is 10.3. The first kappa shape index (κ1) is 20.8. The van der Waals surface area contributed by atoms with Gasteiger partial charge in [0.05, 0.1) is 5.92 Å². The predicted molar refractivity (Wildman–Crippen MR) is 118 cm³/mol. The predicted octanol–water partition coefficient (Wildman–Crippen LogP) is 4.45. The summed E-state index contributed by atoms with van der Waals surface area (Å²) in [4.78, 5) is 26.7. The molecule has 1 saturated heterocycles. The molecule has 31 heavy (non-hydrogen) atoms. The SMILES string of the molecule is Cc1ccc(N2CC(c3nnc(NC(=O)c4ccc(C(C)(C)C)cc4)o3)CC2=O)cc1. The Kier molecular flexibility index (Phi) is 5.35. The van der Waals surface area contributed by atoms with E-state index < -0.39 is 0 Å². The molecular weight excluding hydrogens is 392 g/mol. The highest BCUT2D eigenvalue weighted by Gasteiger charge is 2.35. The van der Waals surface area contributed by atoms with Crippen molar-refractivity contribution in [3.8, 4) is 0 Å². The lowest BCUT2D eigenvalue weighted by Crippen LogP contribution is -2.24. The van der Waals surface area contributed by atoms with Crippen molar-refractivity contribution in [1.82, 2.24) is 10.2 Å². The maximum absolute atomic E-state index is 12.5. The van der Waals surface area contributed by atoms with Gasteiger partial charge in [-0.15, -0.1) is 5.10 Å². The van der Waals surface area contributed by atoms with Gasteiger partial charge in [-0.3, -0.25) is 14.9 Å². The lowest BCUT2D eigenvalue weighted by Gasteiger charge is -2.18. The molecule has 0 aliphatic carbocycles. The summed E-state index contributed by atoms with van der Waals surface area (Å²) in [5.41, 5.74) is 3.66. The number of carbonyl (C=O) groups excluding carboxylic acids is 2. The summed E-state index contributed by atoms with van der Waals surface area (Å²) in [5.74, 6) is -0.171. The Hall–Kier alpha value is -3.48. The number of hydrogen-bond donors (Lipinski definition) is 1. The van der Waals surface area contributed by atoms with Crippen LogP contribution in [-0.2, 0) is 10.2 Å². The zero-order valence-corrected chi connectivity index (χ0v) is 18.2. The highest BCUT2D eigenvalue weighted by molar-refractivity contribution is 6.03. The van der Waals surface area contributed by atoms with Gasteiger partial charge in [-0.05, 0) is 42.2 Å². The van der Waals surface area contributed by atoms with Crippen LogP contribution in [0.2, 0.25) is 0 Å². The summed E-state index contributed by atoms with van der Waals surface area (Å²) >= 11 is 0. The fourth-order valence-corrected chi connectivity index (χ4v) is 3.59. The normalized spacial score (nSPS) is 16.6. The van der Waals surface area contributed by atoms with Crippen molar-refractivity contribution in [2.45, 2.75) is 45.4 Å². The van der Waals surface area contributed by atoms with Crippen molar-refractivity contribution in [1.29, 1.82) is 0 Å². The molecule has 7 nitrogen and oxygen atoms in total. The van der Waals surface area contributed by atoms with E-state index in [2.05, 4.69) is 36.3 Å². The van der Waals surface area contributed by atoms with E-state index in [4.69, 9.17) is 4.42 Å². The van der Waals surface area contributed by atoms with E-state index in [0.717, 1.165) is 16.8 Å². The summed E-state index contributed by atoms with van der Waals surface area (Å²) in [6.45, 7) is 8.83. The van der Waals surface area contributed by atoms with Crippen LogP contribution in [0.1, 0.15) is 60.5 Å². The van der Waals surface area contributed by atoms with Gasteiger partial charge in [0.25, 0.3) is 5.91 Å². The number of carbonyl (C=O) groups is 2. The van der Waals surface area contributed by atoms with Crippen LogP contribution in [0.15, 0.2) is 52.9 Å². The summed E-state index contributed by atoms with van der Waals surface area (Å²) in [7, 11) is 0. The quantitative estimate of drug-likeness (QED) is 0.676. The number of hydrogen-bond acceptors (Lipinski definition) is 5. The summed E-state index contributed by atoms with van der Waals surface area (Å²) < 4.78 is 5.66. The van der Waals surface area contributed by atoms with Crippen molar-refractivity contribution in [2.75, 3.05) is 16.8 Å². The maximum atomic E-state index is 12.5. The van der Waals surface area contributed by atoms with Crippen LogP contribution < -0.4 is 10.2 Å². The second-order valence-electron chi connectivity index (χ2n) is 8.97. The molecule has 0 bridgehead atoms. The van der Waals surface area contributed by atoms with Gasteiger partial charge >= 0.3 is 6.01 Å². The first-order chi connectivity index (χ1) is 14.7.